The van der Waals surface area contributed by atoms with Crippen LogP contribution in [0, 0.1) is 6.92 Å². The highest BCUT2D eigenvalue weighted by molar-refractivity contribution is 7.12. The maximum atomic E-state index is 9.31. The first kappa shape index (κ1) is 14.9. The molecule has 1 aromatic rings. The second kappa shape index (κ2) is 6.33. The largest absolute Gasteiger partial charge is 0.394 e. The highest BCUT2D eigenvalue weighted by Crippen LogP contribution is 2.32. The minimum absolute atomic E-state index is 0.0537. The fraction of sp³-hybridized carbons (Fsp3) is 0.714. The molecule has 1 saturated heterocycles. The van der Waals surface area contributed by atoms with Gasteiger partial charge in [0, 0.05) is 28.4 Å². The van der Waals surface area contributed by atoms with E-state index in [2.05, 4.69) is 37.8 Å². The second-order valence-corrected chi connectivity index (χ2v) is 6.76. The summed E-state index contributed by atoms with van der Waals surface area (Å²) in [6, 6.07) is 4.89. The van der Waals surface area contributed by atoms with E-state index in [1.54, 1.807) is 11.3 Å². The Labute approximate surface area is 119 Å². The predicted octanol–water partition coefficient (Wildman–Crippen LogP) is 1.53. The van der Waals surface area contributed by atoms with Gasteiger partial charge < -0.3 is 15.6 Å². The first-order valence-electron chi connectivity index (χ1n) is 6.83. The summed E-state index contributed by atoms with van der Waals surface area (Å²) in [6.45, 7) is 7.78. The number of thiophene rings is 1. The molecule has 3 N–H and O–H groups in total. The molecule has 0 amide bonds. The van der Waals surface area contributed by atoms with Crippen LogP contribution in [0.5, 0.6) is 0 Å². The van der Waals surface area contributed by atoms with E-state index < -0.39 is 0 Å². The molecule has 5 heteroatoms. The average molecular weight is 284 g/mol. The number of nitrogens with two attached hydrogens (primary N) is 1. The number of aliphatic hydroxyl groups is 1. The molecule has 1 aliphatic heterocycles. The second-order valence-electron chi connectivity index (χ2n) is 5.44. The van der Waals surface area contributed by atoms with Crippen LogP contribution >= 0.6 is 11.3 Å². The fourth-order valence-electron chi connectivity index (χ4n) is 2.67. The van der Waals surface area contributed by atoms with Crippen LogP contribution in [0.1, 0.15) is 29.6 Å². The number of rotatable bonds is 4. The van der Waals surface area contributed by atoms with Crippen molar-refractivity contribution < 1.29 is 9.84 Å². The minimum Gasteiger partial charge on any atom is -0.394 e. The van der Waals surface area contributed by atoms with Crippen molar-refractivity contribution >= 4 is 11.3 Å². The maximum absolute atomic E-state index is 9.31. The third kappa shape index (κ3) is 3.35. The summed E-state index contributed by atoms with van der Waals surface area (Å²) in [7, 11) is 0. The molecular weight excluding hydrogens is 260 g/mol. The number of hydrogen-bond donors (Lipinski definition) is 2. The number of ether oxygens (including phenoxy) is 1. The van der Waals surface area contributed by atoms with Gasteiger partial charge in [-0.1, -0.05) is 0 Å². The zero-order valence-electron chi connectivity index (χ0n) is 11.9. The lowest BCUT2D eigenvalue weighted by Crippen LogP contribution is -2.53. The Morgan fingerprint density at radius 1 is 1.58 bits per heavy atom. The number of hydrogen-bond acceptors (Lipinski definition) is 5. The standard InChI is InChI=1S/C14H24N2O2S/c1-9-8-18-12(7-17)6-16(9)14(11(3)15)13-5-4-10(2)19-13/h4-5,9,11-12,14,17H,6-8,15H2,1-3H3. The zero-order chi connectivity index (χ0) is 14.0. The van der Waals surface area contributed by atoms with E-state index in [0.717, 1.165) is 6.54 Å². The van der Waals surface area contributed by atoms with Crippen LogP contribution < -0.4 is 5.73 Å². The van der Waals surface area contributed by atoms with E-state index in [9.17, 15) is 5.11 Å². The van der Waals surface area contributed by atoms with E-state index in [1.165, 1.54) is 9.75 Å². The van der Waals surface area contributed by atoms with Crippen molar-refractivity contribution in [2.75, 3.05) is 19.8 Å². The van der Waals surface area contributed by atoms with Gasteiger partial charge in [0.05, 0.1) is 25.4 Å². The molecule has 0 aliphatic carbocycles. The topological polar surface area (TPSA) is 58.7 Å². The Morgan fingerprint density at radius 3 is 2.84 bits per heavy atom. The number of morpholine rings is 1. The molecule has 0 spiro atoms. The molecule has 1 fully saturated rings. The van der Waals surface area contributed by atoms with Gasteiger partial charge >= 0.3 is 0 Å². The van der Waals surface area contributed by atoms with Crippen molar-refractivity contribution in [2.45, 2.75) is 45.0 Å². The van der Waals surface area contributed by atoms with Crippen LogP contribution in [0.4, 0.5) is 0 Å². The van der Waals surface area contributed by atoms with Crippen LogP contribution in [-0.2, 0) is 4.74 Å². The molecule has 2 heterocycles. The predicted molar refractivity (Wildman–Crippen MR) is 78.4 cm³/mol. The monoisotopic (exact) mass is 284 g/mol. The van der Waals surface area contributed by atoms with Crippen molar-refractivity contribution in [1.82, 2.24) is 4.90 Å². The number of aryl methyl sites for hydroxylation is 1. The normalized spacial score (nSPS) is 28.3. The van der Waals surface area contributed by atoms with Crippen LogP contribution in [0.3, 0.4) is 0 Å². The molecule has 1 aliphatic rings. The van der Waals surface area contributed by atoms with E-state index in [-0.39, 0.29) is 24.8 Å². The molecule has 108 valence electrons. The van der Waals surface area contributed by atoms with Gasteiger partial charge in [-0.2, -0.15) is 0 Å². The highest BCUT2D eigenvalue weighted by atomic mass is 32.1. The minimum atomic E-state index is -0.0986. The van der Waals surface area contributed by atoms with E-state index >= 15 is 0 Å². The Hall–Kier alpha value is -0.460. The van der Waals surface area contributed by atoms with E-state index in [4.69, 9.17) is 10.5 Å². The molecule has 19 heavy (non-hydrogen) atoms. The third-order valence-electron chi connectivity index (χ3n) is 3.67. The van der Waals surface area contributed by atoms with Crippen LogP contribution in [-0.4, -0.2) is 48.0 Å². The van der Waals surface area contributed by atoms with Gasteiger partial charge in [0.2, 0.25) is 0 Å². The van der Waals surface area contributed by atoms with Crippen molar-refractivity contribution in [2.24, 2.45) is 5.73 Å². The van der Waals surface area contributed by atoms with Crippen molar-refractivity contribution in [1.29, 1.82) is 0 Å². The lowest BCUT2D eigenvalue weighted by atomic mass is 10.0. The van der Waals surface area contributed by atoms with Gasteiger partial charge in [-0.05, 0) is 32.9 Å². The van der Waals surface area contributed by atoms with Gasteiger partial charge in [-0.25, -0.2) is 0 Å². The summed E-state index contributed by atoms with van der Waals surface area (Å²) < 4.78 is 5.61. The highest BCUT2D eigenvalue weighted by Gasteiger charge is 2.34. The Kier molecular flexibility index (Phi) is 4.97. The fourth-order valence-corrected chi connectivity index (χ4v) is 3.79. The first-order chi connectivity index (χ1) is 9.02. The Balaban J connectivity index is 2.22. The van der Waals surface area contributed by atoms with Gasteiger partial charge in [0.15, 0.2) is 0 Å². The summed E-state index contributed by atoms with van der Waals surface area (Å²) >= 11 is 1.80. The summed E-state index contributed by atoms with van der Waals surface area (Å²) in [5.41, 5.74) is 6.22. The zero-order valence-corrected chi connectivity index (χ0v) is 12.7. The van der Waals surface area contributed by atoms with Gasteiger partial charge in [-0.15, -0.1) is 11.3 Å². The lowest BCUT2D eigenvalue weighted by Gasteiger charge is -2.43. The molecule has 0 saturated carbocycles. The molecule has 1 aromatic heterocycles. The Bertz CT molecular complexity index is 408. The lowest BCUT2D eigenvalue weighted by molar-refractivity contribution is -0.0936. The summed E-state index contributed by atoms with van der Waals surface area (Å²) in [4.78, 5) is 4.98. The van der Waals surface area contributed by atoms with Crippen LogP contribution in [0.15, 0.2) is 12.1 Å². The van der Waals surface area contributed by atoms with E-state index in [1.807, 2.05) is 0 Å². The van der Waals surface area contributed by atoms with Crippen molar-refractivity contribution in [3.8, 4) is 0 Å². The SMILES string of the molecule is Cc1ccc(C(C(C)N)N2CC(CO)OCC2C)s1. The molecule has 4 unspecified atom stereocenters. The molecule has 4 atom stereocenters. The van der Waals surface area contributed by atoms with E-state index in [0.29, 0.717) is 12.6 Å². The van der Waals surface area contributed by atoms with Crippen LogP contribution in [0.2, 0.25) is 0 Å². The smallest absolute Gasteiger partial charge is 0.0933 e. The molecule has 0 bridgehead atoms. The van der Waals surface area contributed by atoms with Gasteiger partial charge in [0.1, 0.15) is 0 Å². The van der Waals surface area contributed by atoms with Crippen LogP contribution in [0.25, 0.3) is 0 Å². The maximum Gasteiger partial charge on any atom is 0.0933 e. The summed E-state index contributed by atoms with van der Waals surface area (Å²) in [5, 5.41) is 9.31. The first-order valence-corrected chi connectivity index (χ1v) is 7.64. The number of aliphatic hydroxyl groups excluding tert-OH is 1. The van der Waals surface area contributed by atoms with Gasteiger partial charge in [0.25, 0.3) is 0 Å². The molecular formula is C14H24N2O2S. The average Bonchev–Trinajstić information content (AvgIpc) is 2.78. The molecule has 0 aromatic carbocycles. The molecule has 4 nitrogen and oxygen atoms in total. The third-order valence-corrected chi connectivity index (χ3v) is 4.74. The molecule has 2 rings (SSSR count). The van der Waals surface area contributed by atoms with Gasteiger partial charge in [-0.3, -0.25) is 4.90 Å². The summed E-state index contributed by atoms with van der Waals surface area (Å²) in [6.07, 6.45) is -0.0986. The quantitative estimate of drug-likeness (QED) is 0.880. The summed E-state index contributed by atoms with van der Waals surface area (Å²) in [5.74, 6) is 0. The van der Waals surface area contributed by atoms with Crippen molar-refractivity contribution in [3.05, 3.63) is 21.9 Å². The van der Waals surface area contributed by atoms with Crippen molar-refractivity contribution in [3.63, 3.8) is 0 Å². The Morgan fingerprint density at radius 2 is 2.32 bits per heavy atom. The molecule has 0 radical (unpaired) electrons. The number of nitrogens with zero attached hydrogens (tertiary/aromatic N) is 1.